The maximum absolute atomic E-state index is 12.6. The van der Waals surface area contributed by atoms with Crippen LogP contribution in [-0.2, 0) is 42.8 Å². The smallest absolute Gasteiger partial charge is 0.350 e. The maximum Gasteiger partial charge on any atom is 0.350 e. The summed E-state index contributed by atoms with van der Waals surface area (Å²) in [6, 6.07) is 6.22. The van der Waals surface area contributed by atoms with E-state index >= 15 is 0 Å². The Labute approximate surface area is 184 Å². The van der Waals surface area contributed by atoms with Crippen molar-refractivity contribution in [3.8, 4) is 0 Å². The lowest BCUT2D eigenvalue weighted by molar-refractivity contribution is -0.193. The molecule has 0 radical (unpaired) electrons. The van der Waals surface area contributed by atoms with Crippen LogP contribution in [0, 0.1) is 6.92 Å². The van der Waals surface area contributed by atoms with Crippen LogP contribution in [0.1, 0.15) is 39.2 Å². The third-order valence-corrected chi connectivity index (χ3v) is 5.54. The number of carbonyl (C=O) groups is 2. The molecule has 1 rings (SSSR count). The fourth-order valence-corrected chi connectivity index (χ4v) is 3.60. The molecular formula is C21H32O9S. The molecule has 0 heterocycles. The Kier molecular flexibility index (Phi) is 11.7. The number of carbonyl (C=O) groups excluding carboxylic acids is 2. The molecule has 176 valence electrons. The SMILES string of the molecule is CCOCCOC(CCCOS(=O)(=O)c1ccc(C)cc1)(C(=O)OCC)C(=O)OCC. The minimum absolute atomic E-state index is 0.0214. The third kappa shape index (κ3) is 8.21. The van der Waals surface area contributed by atoms with Crippen molar-refractivity contribution in [3.63, 3.8) is 0 Å². The lowest BCUT2D eigenvalue weighted by atomic mass is 9.97. The van der Waals surface area contributed by atoms with Crippen molar-refractivity contribution in [1.29, 1.82) is 0 Å². The van der Waals surface area contributed by atoms with Crippen LogP contribution in [-0.4, -0.2) is 65.6 Å². The number of benzene rings is 1. The molecule has 0 aliphatic heterocycles. The predicted molar refractivity (Wildman–Crippen MR) is 112 cm³/mol. The maximum atomic E-state index is 12.6. The van der Waals surface area contributed by atoms with Gasteiger partial charge >= 0.3 is 11.9 Å². The Morgan fingerprint density at radius 1 is 0.871 bits per heavy atom. The molecule has 0 aliphatic rings. The van der Waals surface area contributed by atoms with Crippen LogP contribution in [0.4, 0.5) is 0 Å². The molecule has 0 aromatic heterocycles. The van der Waals surface area contributed by atoms with E-state index in [1.807, 2.05) is 6.92 Å². The van der Waals surface area contributed by atoms with E-state index in [9.17, 15) is 18.0 Å². The lowest BCUT2D eigenvalue weighted by Crippen LogP contribution is -2.52. The average molecular weight is 461 g/mol. The highest BCUT2D eigenvalue weighted by Gasteiger charge is 2.50. The molecule has 0 saturated heterocycles. The molecule has 0 unspecified atom stereocenters. The van der Waals surface area contributed by atoms with Gasteiger partial charge in [-0.2, -0.15) is 8.42 Å². The summed E-state index contributed by atoms with van der Waals surface area (Å²) in [5, 5.41) is 0. The molecule has 0 atom stereocenters. The van der Waals surface area contributed by atoms with Crippen molar-refractivity contribution in [2.75, 3.05) is 39.6 Å². The lowest BCUT2D eigenvalue weighted by Gasteiger charge is -2.29. The molecular weight excluding hydrogens is 428 g/mol. The van der Waals surface area contributed by atoms with Gasteiger partial charge in [0.15, 0.2) is 0 Å². The van der Waals surface area contributed by atoms with Crippen molar-refractivity contribution in [2.45, 2.75) is 51.0 Å². The zero-order valence-electron chi connectivity index (χ0n) is 18.5. The molecule has 0 spiro atoms. The van der Waals surface area contributed by atoms with E-state index in [2.05, 4.69) is 0 Å². The van der Waals surface area contributed by atoms with Gasteiger partial charge in [-0.25, -0.2) is 9.59 Å². The zero-order chi connectivity index (χ0) is 23.3. The second-order valence-electron chi connectivity index (χ2n) is 6.51. The van der Waals surface area contributed by atoms with E-state index < -0.39 is 27.7 Å². The fourth-order valence-electron chi connectivity index (χ4n) is 2.65. The Morgan fingerprint density at radius 2 is 1.45 bits per heavy atom. The van der Waals surface area contributed by atoms with Crippen molar-refractivity contribution in [1.82, 2.24) is 0 Å². The zero-order valence-corrected chi connectivity index (χ0v) is 19.4. The summed E-state index contributed by atoms with van der Waals surface area (Å²) in [7, 11) is -3.97. The van der Waals surface area contributed by atoms with Gasteiger partial charge in [0.25, 0.3) is 15.7 Å². The summed E-state index contributed by atoms with van der Waals surface area (Å²) >= 11 is 0. The molecule has 0 aliphatic carbocycles. The first-order valence-electron chi connectivity index (χ1n) is 10.3. The van der Waals surface area contributed by atoms with Crippen LogP contribution in [0.3, 0.4) is 0 Å². The van der Waals surface area contributed by atoms with E-state index in [4.69, 9.17) is 23.1 Å². The Balaban J connectivity index is 2.90. The number of hydrogen-bond acceptors (Lipinski definition) is 9. The summed E-state index contributed by atoms with van der Waals surface area (Å²) in [6.45, 7) is 7.22. The van der Waals surface area contributed by atoms with Crippen LogP contribution in [0.25, 0.3) is 0 Å². The average Bonchev–Trinajstić information content (AvgIpc) is 2.73. The van der Waals surface area contributed by atoms with Crippen molar-refractivity contribution in [2.24, 2.45) is 0 Å². The highest BCUT2D eigenvalue weighted by molar-refractivity contribution is 7.86. The van der Waals surface area contributed by atoms with E-state index in [1.54, 1.807) is 32.9 Å². The number of ether oxygens (including phenoxy) is 4. The second-order valence-corrected chi connectivity index (χ2v) is 8.12. The first-order valence-corrected chi connectivity index (χ1v) is 11.7. The van der Waals surface area contributed by atoms with Crippen molar-refractivity contribution >= 4 is 22.1 Å². The van der Waals surface area contributed by atoms with E-state index in [0.717, 1.165) is 5.56 Å². The molecule has 0 saturated carbocycles. The molecule has 0 fully saturated rings. The molecule has 0 bridgehead atoms. The topological polar surface area (TPSA) is 114 Å². The minimum Gasteiger partial charge on any atom is -0.463 e. The number of aryl methyl sites for hydroxylation is 1. The van der Waals surface area contributed by atoms with Gasteiger partial charge in [-0.3, -0.25) is 4.18 Å². The van der Waals surface area contributed by atoms with Gasteiger partial charge in [0.1, 0.15) is 0 Å². The van der Waals surface area contributed by atoms with Gasteiger partial charge in [-0.1, -0.05) is 17.7 Å². The first kappa shape index (κ1) is 27.0. The summed E-state index contributed by atoms with van der Waals surface area (Å²) < 4.78 is 50.6. The quantitative estimate of drug-likeness (QED) is 0.168. The summed E-state index contributed by atoms with van der Waals surface area (Å²) in [6.07, 6.45) is -0.155. The summed E-state index contributed by atoms with van der Waals surface area (Å²) in [5.74, 6) is -1.79. The summed E-state index contributed by atoms with van der Waals surface area (Å²) in [4.78, 5) is 25.3. The predicted octanol–water partition coefficient (Wildman–Crippen LogP) is 2.40. The van der Waals surface area contributed by atoms with Gasteiger partial charge in [0, 0.05) is 13.0 Å². The highest BCUT2D eigenvalue weighted by Crippen LogP contribution is 2.24. The van der Waals surface area contributed by atoms with Gasteiger partial charge < -0.3 is 18.9 Å². The second kappa shape index (κ2) is 13.4. The number of rotatable bonds is 15. The monoisotopic (exact) mass is 460 g/mol. The van der Waals surface area contributed by atoms with Gasteiger partial charge in [-0.05, 0) is 46.2 Å². The molecule has 9 nitrogen and oxygen atoms in total. The number of hydrogen-bond donors (Lipinski definition) is 0. The summed E-state index contributed by atoms with van der Waals surface area (Å²) in [5.41, 5.74) is -1.11. The van der Waals surface area contributed by atoms with E-state index in [1.165, 1.54) is 12.1 Å². The fraction of sp³-hybridized carbons (Fsp3) is 0.619. The van der Waals surface area contributed by atoms with Crippen LogP contribution < -0.4 is 0 Å². The highest BCUT2D eigenvalue weighted by atomic mass is 32.2. The normalized spacial score (nSPS) is 11.9. The van der Waals surface area contributed by atoms with Gasteiger partial charge in [-0.15, -0.1) is 0 Å². The molecule has 1 aromatic carbocycles. The van der Waals surface area contributed by atoms with Crippen molar-refractivity contribution in [3.05, 3.63) is 29.8 Å². The van der Waals surface area contributed by atoms with Crippen LogP contribution in [0.2, 0.25) is 0 Å². The Morgan fingerprint density at radius 3 is 1.97 bits per heavy atom. The van der Waals surface area contributed by atoms with Crippen LogP contribution in [0.5, 0.6) is 0 Å². The standard InChI is InChI=1S/C21H32O9S/c1-5-26-15-16-29-21(19(22)27-6-2,20(23)28-7-3)13-8-14-30-31(24,25)18-11-9-17(4)10-12-18/h9-12H,5-8,13-16H2,1-4H3. The minimum atomic E-state index is -3.97. The molecule has 31 heavy (non-hydrogen) atoms. The first-order chi connectivity index (χ1) is 14.7. The largest absolute Gasteiger partial charge is 0.463 e. The van der Waals surface area contributed by atoms with Crippen LogP contribution >= 0.6 is 0 Å². The molecule has 10 heteroatoms. The van der Waals surface area contributed by atoms with Gasteiger partial charge in [0.2, 0.25) is 0 Å². The van der Waals surface area contributed by atoms with Gasteiger partial charge in [0.05, 0.1) is 37.9 Å². The Hall–Kier alpha value is -2.01. The van der Waals surface area contributed by atoms with Crippen molar-refractivity contribution < 1.29 is 41.1 Å². The molecule has 1 aromatic rings. The molecule has 0 amide bonds. The third-order valence-electron chi connectivity index (χ3n) is 4.21. The number of esters is 2. The Bertz CT molecular complexity index is 770. The van der Waals surface area contributed by atoms with Crippen LogP contribution in [0.15, 0.2) is 29.2 Å². The van der Waals surface area contributed by atoms with E-state index in [-0.39, 0.29) is 50.8 Å². The van der Waals surface area contributed by atoms with E-state index in [0.29, 0.717) is 6.61 Å². The molecule has 0 N–H and O–H groups in total.